The number of rotatable bonds is 6. The molecular formula is C17H24N4O2. The fourth-order valence-electron chi connectivity index (χ4n) is 2.36. The number of aliphatic hydroxyl groups is 1. The van der Waals surface area contributed by atoms with Gasteiger partial charge in [-0.15, -0.1) is 0 Å². The van der Waals surface area contributed by atoms with E-state index in [-0.39, 0.29) is 11.9 Å². The molecule has 2 atom stereocenters. The number of hydrogen-bond acceptors (Lipinski definition) is 4. The van der Waals surface area contributed by atoms with Crippen molar-refractivity contribution in [1.82, 2.24) is 15.1 Å². The molecule has 0 radical (unpaired) electrons. The second-order valence-electron chi connectivity index (χ2n) is 6.09. The van der Waals surface area contributed by atoms with Crippen LogP contribution in [0.1, 0.15) is 37.9 Å². The largest absolute Gasteiger partial charge is 0.384 e. The zero-order valence-corrected chi connectivity index (χ0v) is 14.0. The van der Waals surface area contributed by atoms with E-state index in [9.17, 15) is 9.90 Å². The molecule has 0 bridgehead atoms. The highest BCUT2D eigenvalue weighted by molar-refractivity contribution is 5.88. The van der Waals surface area contributed by atoms with Crippen molar-refractivity contribution in [2.24, 2.45) is 7.05 Å². The molecule has 3 N–H and O–H groups in total. The van der Waals surface area contributed by atoms with E-state index in [4.69, 9.17) is 0 Å². The van der Waals surface area contributed by atoms with Crippen LogP contribution in [0.25, 0.3) is 0 Å². The molecule has 0 aliphatic heterocycles. The Bertz CT molecular complexity index is 679. The maximum atomic E-state index is 11.1. The van der Waals surface area contributed by atoms with Crippen molar-refractivity contribution >= 4 is 11.6 Å². The van der Waals surface area contributed by atoms with Crippen LogP contribution in [0.3, 0.4) is 0 Å². The first kappa shape index (κ1) is 17.2. The van der Waals surface area contributed by atoms with Crippen LogP contribution >= 0.6 is 0 Å². The smallest absolute Gasteiger partial charge is 0.221 e. The molecule has 0 aliphatic rings. The van der Waals surface area contributed by atoms with Crippen molar-refractivity contribution in [3.05, 3.63) is 47.8 Å². The van der Waals surface area contributed by atoms with Gasteiger partial charge in [-0.05, 0) is 31.5 Å². The van der Waals surface area contributed by atoms with Gasteiger partial charge in [0.05, 0.1) is 6.20 Å². The van der Waals surface area contributed by atoms with E-state index >= 15 is 0 Å². The van der Waals surface area contributed by atoms with Gasteiger partial charge in [0.25, 0.3) is 0 Å². The summed E-state index contributed by atoms with van der Waals surface area (Å²) in [5, 5.41) is 20.8. The zero-order valence-electron chi connectivity index (χ0n) is 14.0. The van der Waals surface area contributed by atoms with Gasteiger partial charge in [0.2, 0.25) is 5.91 Å². The molecule has 1 amide bonds. The highest BCUT2D eigenvalue weighted by Gasteiger charge is 2.25. The Morgan fingerprint density at radius 2 is 2.22 bits per heavy atom. The van der Waals surface area contributed by atoms with Gasteiger partial charge in [0.15, 0.2) is 0 Å². The number of aromatic nitrogens is 2. The van der Waals surface area contributed by atoms with Gasteiger partial charge in [-0.25, -0.2) is 0 Å². The van der Waals surface area contributed by atoms with Gasteiger partial charge in [-0.1, -0.05) is 12.1 Å². The third-order valence-electron chi connectivity index (χ3n) is 3.79. The molecule has 0 saturated carbocycles. The Morgan fingerprint density at radius 1 is 1.48 bits per heavy atom. The van der Waals surface area contributed by atoms with Crippen LogP contribution in [0.5, 0.6) is 0 Å². The van der Waals surface area contributed by atoms with Crippen molar-refractivity contribution in [2.45, 2.75) is 32.4 Å². The number of anilines is 1. The minimum atomic E-state index is -1.00. The number of benzene rings is 1. The van der Waals surface area contributed by atoms with E-state index < -0.39 is 5.60 Å². The average Bonchev–Trinajstić information content (AvgIpc) is 2.92. The van der Waals surface area contributed by atoms with Crippen LogP contribution in [0, 0.1) is 0 Å². The molecule has 0 saturated heterocycles. The summed E-state index contributed by atoms with van der Waals surface area (Å²) >= 11 is 0. The molecule has 6 nitrogen and oxygen atoms in total. The van der Waals surface area contributed by atoms with Gasteiger partial charge in [-0.3, -0.25) is 9.48 Å². The number of aryl methyl sites for hydroxylation is 1. The first-order valence-corrected chi connectivity index (χ1v) is 7.60. The van der Waals surface area contributed by atoms with Crippen LogP contribution in [-0.4, -0.2) is 27.3 Å². The van der Waals surface area contributed by atoms with E-state index in [0.717, 1.165) is 16.8 Å². The van der Waals surface area contributed by atoms with Gasteiger partial charge >= 0.3 is 0 Å². The number of amides is 1. The van der Waals surface area contributed by atoms with E-state index in [1.165, 1.54) is 6.92 Å². The second kappa shape index (κ2) is 6.93. The standard InChI is InChI=1S/C17H24N4O2/c1-12(14-6-5-7-16(8-14)20-13(2)22)18-11-17(3,23)15-9-19-21(4)10-15/h5-10,12,18,23H,11H2,1-4H3,(H,20,22). The summed E-state index contributed by atoms with van der Waals surface area (Å²) in [6.45, 7) is 5.66. The average molecular weight is 316 g/mol. The Labute approximate surface area is 136 Å². The minimum absolute atomic E-state index is 0.0341. The molecule has 0 fully saturated rings. The number of nitrogens with one attached hydrogen (secondary N) is 2. The molecule has 2 unspecified atom stereocenters. The number of nitrogens with zero attached hydrogens (tertiary/aromatic N) is 2. The van der Waals surface area contributed by atoms with Crippen molar-refractivity contribution in [1.29, 1.82) is 0 Å². The maximum absolute atomic E-state index is 11.1. The SMILES string of the molecule is CC(=O)Nc1cccc(C(C)NCC(C)(O)c2cnn(C)c2)c1. The van der Waals surface area contributed by atoms with Crippen LogP contribution in [0.2, 0.25) is 0 Å². The Kier molecular flexibility index (Phi) is 5.18. The predicted molar refractivity (Wildman–Crippen MR) is 89.9 cm³/mol. The highest BCUT2D eigenvalue weighted by atomic mass is 16.3. The topological polar surface area (TPSA) is 79.2 Å². The summed E-state index contributed by atoms with van der Waals surface area (Å²) in [7, 11) is 1.82. The van der Waals surface area contributed by atoms with E-state index in [1.54, 1.807) is 17.8 Å². The van der Waals surface area contributed by atoms with Crippen LogP contribution in [0.15, 0.2) is 36.7 Å². The first-order chi connectivity index (χ1) is 10.8. The first-order valence-electron chi connectivity index (χ1n) is 7.60. The summed E-state index contributed by atoms with van der Waals surface area (Å²) in [5.74, 6) is -0.0951. The molecule has 1 heterocycles. The molecule has 0 spiro atoms. The summed E-state index contributed by atoms with van der Waals surface area (Å²) < 4.78 is 1.67. The Morgan fingerprint density at radius 3 is 2.83 bits per heavy atom. The molecule has 6 heteroatoms. The lowest BCUT2D eigenvalue weighted by atomic mass is 9.98. The Balaban J connectivity index is 2.01. The minimum Gasteiger partial charge on any atom is -0.384 e. The summed E-state index contributed by atoms with van der Waals surface area (Å²) in [4.78, 5) is 11.1. The lowest BCUT2D eigenvalue weighted by molar-refractivity contribution is -0.114. The van der Waals surface area contributed by atoms with Gasteiger partial charge in [0, 0.05) is 44.0 Å². The highest BCUT2D eigenvalue weighted by Crippen LogP contribution is 2.22. The normalized spacial score (nSPS) is 15.0. The third kappa shape index (κ3) is 4.64. The van der Waals surface area contributed by atoms with Crippen molar-refractivity contribution in [3.63, 3.8) is 0 Å². The Hall–Kier alpha value is -2.18. The summed E-state index contributed by atoms with van der Waals surface area (Å²) in [6, 6.07) is 7.70. The van der Waals surface area contributed by atoms with Gasteiger partial charge in [-0.2, -0.15) is 5.10 Å². The molecule has 2 rings (SSSR count). The predicted octanol–water partition coefficient (Wildman–Crippen LogP) is 1.94. The fourth-order valence-corrected chi connectivity index (χ4v) is 2.36. The molecular weight excluding hydrogens is 292 g/mol. The maximum Gasteiger partial charge on any atom is 0.221 e. The van der Waals surface area contributed by atoms with Crippen LogP contribution in [0.4, 0.5) is 5.69 Å². The van der Waals surface area contributed by atoms with Crippen LogP contribution in [-0.2, 0) is 17.4 Å². The number of carbonyl (C=O) groups excluding carboxylic acids is 1. The third-order valence-corrected chi connectivity index (χ3v) is 3.79. The van der Waals surface area contributed by atoms with E-state index in [1.807, 2.05) is 44.4 Å². The van der Waals surface area contributed by atoms with Crippen molar-refractivity contribution < 1.29 is 9.90 Å². The molecule has 2 aromatic rings. The lowest BCUT2D eigenvalue weighted by Gasteiger charge is -2.25. The summed E-state index contributed by atoms with van der Waals surface area (Å²) in [5.41, 5.74) is 1.57. The zero-order chi connectivity index (χ0) is 17.0. The van der Waals surface area contributed by atoms with Crippen molar-refractivity contribution in [2.75, 3.05) is 11.9 Å². The molecule has 23 heavy (non-hydrogen) atoms. The van der Waals surface area contributed by atoms with Crippen molar-refractivity contribution in [3.8, 4) is 0 Å². The number of hydrogen-bond donors (Lipinski definition) is 3. The van der Waals surface area contributed by atoms with Gasteiger partial charge < -0.3 is 15.7 Å². The van der Waals surface area contributed by atoms with E-state index in [0.29, 0.717) is 6.54 Å². The molecule has 124 valence electrons. The van der Waals surface area contributed by atoms with Crippen LogP contribution < -0.4 is 10.6 Å². The van der Waals surface area contributed by atoms with E-state index in [2.05, 4.69) is 15.7 Å². The van der Waals surface area contributed by atoms with Gasteiger partial charge in [0.1, 0.15) is 5.60 Å². The fraction of sp³-hybridized carbons (Fsp3) is 0.412. The number of carbonyl (C=O) groups is 1. The molecule has 1 aromatic carbocycles. The monoisotopic (exact) mass is 316 g/mol. The summed E-state index contributed by atoms with van der Waals surface area (Å²) in [6.07, 6.45) is 3.48. The lowest BCUT2D eigenvalue weighted by Crippen LogP contribution is -2.36. The molecule has 1 aromatic heterocycles. The molecule has 0 aliphatic carbocycles. The quantitative estimate of drug-likeness (QED) is 0.761. The second-order valence-corrected chi connectivity index (χ2v) is 6.09.